The lowest BCUT2D eigenvalue weighted by Crippen LogP contribution is -2.51. The molecule has 5 heterocycles. The summed E-state index contributed by atoms with van der Waals surface area (Å²) >= 11 is 8.35. The number of carbonyl (C=O) groups is 5. The van der Waals surface area contributed by atoms with Gasteiger partial charge in [-0.2, -0.15) is 0 Å². The normalized spacial score (nSPS) is 17.0. The summed E-state index contributed by atoms with van der Waals surface area (Å²) in [6, 6.07) is 26.1. The second-order valence-electron chi connectivity index (χ2n) is 22.4. The lowest BCUT2D eigenvalue weighted by Gasteiger charge is -2.35. The quantitative estimate of drug-likeness (QED) is 0.121. The first kappa shape index (κ1) is 59.0. The highest BCUT2D eigenvalue weighted by molar-refractivity contribution is 9.10. The average Bonchev–Trinajstić information content (AvgIpc) is 4.05. The number of amides is 4. The standard InChI is InChI=1S/C23H26N4O4.C22H33BN2O5.C7H5BrN2O.C4H5ClO/c1-23(2,3)30-22(29)27-12-10-26(11-13-27)21(28)16-6-4-15(5-7-16)17-8-9-18-19(14-17)31-25-20(18)24;1-20(2,3)28-19(27)25-14-12-24(13-15-25)18(26)16-8-10-17(11-9-16)23-29-21(4,5)22(6,7)30-23;8-4-1-2-5-6(3-4)11-10-7(5)9;5-4(6)3-1-2-3/h4-9,14H,10-13H2,1-3H3,(H2,24,25);8-11H,12-15H2,1-7H3;1-3H,(H2,9,10);3H,1-2H2. The largest absolute Gasteiger partial charge is 0.494 e. The first-order chi connectivity index (χ1) is 36.6. The highest BCUT2D eigenvalue weighted by Crippen LogP contribution is 2.37. The van der Waals surface area contributed by atoms with E-state index in [1.807, 2.05) is 154 Å². The number of halogens is 2. The van der Waals surface area contributed by atoms with Crippen molar-refractivity contribution in [2.75, 3.05) is 63.8 Å². The summed E-state index contributed by atoms with van der Waals surface area (Å²) in [5.74, 6) is 0.946. The molecule has 4 N–H and O–H groups in total. The Morgan fingerprint density at radius 1 is 0.590 bits per heavy atom. The van der Waals surface area contributed by atoms with E-state index in [4.69, 9.17) is 50.9 Å². The van der Waals surface area contributed by atoms with Crippen LogP contribution in [0, 0.1) is 5.92 Å². The Hall–Kier alpha value is -6.68. The van der Waals surface area contributed by atoms with E-state index < -0.39 is 29.5 Å². The van der Waals surface area contributed by atoms with Crippen LogP contribution in [-0.4, -0.2) is 141 Å². The molecule has 3 saturated heterocycles. The van der Waals surface area contributed by atoms with Gasteiger partial charge >= 0.3 is 19.3 Å². The smallest absolute Gasteiger partial charge is 0.444 e. The Morgan fingerprint density at radius 3 is 1.37 bits per heavy atom. The molecule has 2 aromatic heterocycles. The molecular formula is C56H69BBrClN8O11. The van der Waals surface area contributed by atoms with Gasteiger partial charge in [-0.3, -0.25) is 14.4 Å². The van der Waals surface area contributed by atoms with Gasteiger partial charge in [0.1, 0.15) is 11.2 Å². The SMILES string of the molecule is CC(C)(C)OC(=O)N1CCN(C(=O)c2ccc(-c3ccc4c(N)noc4c3)cc2)CC1.CC(C)(C)OC(=O)N1CCN(C(=O)c2ccc(B3OC(C)(C)C(C)(C)O3)cc2)CC1.Nc1noc2cc(Br)ccc12.O=C(Cl)C1CC1. The molecule has 0 atom stereocenters. The number of fused-ring (bicyclic) bond motifs is 2. The van der Waals surface area contributed by atoms with Crippen LogP contribution >= 0.6 is 27.5 Å². The Bertz CT molecular complexity index is 3080. The number of piperazine rings is 2. The molecule has 4 aromatic carbocycles. The number of nitrogens with two attached hydrogens (primary N) is 2. The highest BCUT2D eigenvalue weighted by atomic mass is 79.9. The zero-order chi connectivity index (χ0) is 56.9. The van der Waals surface area contributed by atoms with Gasteiger partial charge in [-0.1, -0.05) is 56.6 Å². The van der Waals surface area contributed by atoms with Crippen molar-refractivity contribution < 1.29 is 51.8 Å². The van der Waals surface area contributed by atoms with Crippen molar-refractivity contribution in [2.45, 2.75) is 104 Å². The molecule has 3 aliphatic heterocycles. The number of hydrogen-bond acceptors (Lipinski definition) is 15. The van der Waals surface area contributed by atoms with Crippen molar-refractivity contribution in [1.82, 2.24) is 29.9 Å². The van der Waals surface area contributed by atoms with Crippen molar-refractivity contribution in [3.8, 4) is 11.1 Å². The third kappa shape index (κ3) is 15.3. The average molecular weight is 1160 g/mol. The fraction of sp³-hybridized carbons (Fsp3) is 0.446. The van der Waals surface area contributed by atoms with Crippen LogP contribution in [0.15, 0.2) is 98.4 Å². The van der Waals surface area contributed by atoms with Crippen LogP contribution in [0.2, 0.25) is 0 Å². The van der Waals surface area contributed by atoms with Crippen molar-refractivity contribution in [3.05, 3.63) is 101 Å². The molecule has 4 aliphatic rings. The summed E-state index contributed by atoms with van der Waals surface area (Å²) in [5.41, 5.74) is 14.8. The van der Waals surface area contributed by atoms with Gasteiger partial charge in [-0.05, 0) is 165 Å². The van der Waals surface area contributed by atoms with Crippen molar-refractivity contribution >= 4 is 103 Å². The van der Waals surface area contributed by atoms with Crippen LogP contribution < -0.4 is 16.9 Å². The maximum absolute atomic E-state index is 12.9. The molecule has 78 heavy (non-hydrogen) atoms. The molecule has 0 spiro atoms. The summed E-state index contributed by atoms with van der Waals surface area (Å²) in [7, 11) is -0.448. The lowest BCUT2D eigenvalue weighted by atomic mass is 9.79. The molecule has 4 fully saturated rings. The van der Waals surface area contributed by atoms with Crippen LogP contribution in [0.4, 0.5) is 21.2 Å². The third-order valence-electron chi connectivity index (χ3n) is 13.4. The minimum atomic E-state index is -0.531. The van der Waals surface area contributed by atoms with Gasteiger partial charge in [0.15, 0.2) is 22.8 Å². The lowest BCUT2D eigenvalue weighted by molar-refractivity contribution is -0.112. The van der Waals surface area contributed by atoms with Gasteiger partial charge in [0.2, 0.25) is 5.24 Å². The molecule has 416 valence electrons. The monoisotopic (exact) mass is 1150 g/mol. The number of nitrogen functional groups attached to an aromatic ring is 2. The van der Waals surface area contributed by atoms with Crippen molar-refractivity contribution in [3.63, 3.8) is 0 Å². The van der Waals surface area contributed by atoms with Crippen LogP contribution in [0.1, 0.15) is 103 Å². The first-order valence-electron chi connectivity index (χ1n) is 25.8. The molecule has 1 aliphatic carbocycles. The predicted molar refractivity (Wildman–Crippen MR) is 303 cm³/mol. The van der Waals surface area contributed by atoms with Crippen LogP contribution in [-0.2, 0) is 23.6 Å². The van der Waals surface area contributed by atoms with Gasteiger partial charge < -0.3 is 58.9 Å². The van der Waals surface area contributed by atoms with E-state index in [2.05, 4.69) is 26.2 Å². The summed E-state index contributed by atoms with van der Waals surface area (Å²) in [5, 5.41) is 8.87. The molecule has 0 bridgehead atoms. The summed E-state index contributed by atoms with van der Waals surface area (Å²) in [6.45, 7) is 22.9. The molecule has 0 unspecified atom stereocenters. The molecular weight excluding hydrogens is 1090 g/mol. The van der Waals surface area contributed by atoms with E-state index in [1.165, 1.54) is 0 Å². The minimum Gasteiger partial charge on any atom is -0.444 e. The summed E-state index contributed by atoms with van der Waals surface area (Å²) < 4.78 is 34.1. The van der Waals surface area contributed by atoms with Gasteiger partial charge in [0, 0.05) is 73.9 Å². The number of ether oxygens (including phenoxy) is 2. The second-order valence-corrected chi connectivity index (χ2v) is 23.7. The number of anilines is 2. The van der Waals surface area contributed by atoms with Gasteiger partial charge in [0.25, 0.3) is 11.8 Å². The summed E-state index contributed by atoms with van der Waals surface area (Å²) in [4.78, 5) is 66.9. The Labute approximate surface area is 468 Å². The maximum atomic E-state index is 12.9. The molecule has 0 radical (unpaired) electrons. The number of hydrogen-bond donors (Lipinski definition) is 2. The number of nitrogens with zero attached hydrogens (tertiary/aromatic N) is 6. The van der Waals surface area contributed by atoms with E-state index in [9.17, 15) is 24.0 Å². The Kier molecular flexibility index (Phi) is 18.3. The van der Waals surface area contributed by atoms with E-state index >= 15 is 0 Å². The first-order valence-corrected chi connectivity index (χ1v) is 27.0. The molecule has 4 amide bonds. The van der Waals surface area contributed by atoms with E-state index in [1.54, 1.807) is 19.6 Å². The molecule has 22 heteroatoms. The van der Waals surface area contributed by atoms with Crippen LogP contribution in [0.5, 0.6) is 0 Å². The fourth-order valence-corrected chi connectivity index (χ4v) is 8.71. The van der Waals surface area contributed by atoms with Crippen LogP contribution in [0.25, 0.3) is 33.1 Å². The van der Waals surface area contributed by atoms with E-state index in [0.29, 0.717) is 86.3 Å². The zero-order valence-corrected chi connectivity index (χ0v) is 48.2. The summed E-state index contributed by atoms with van der Waals surface area (Å²) in [6.07, 6.45) is 1.36. The fourth-order valence-electron chi connectivity index (χ4n) is 8.15. The predicted octanol–water partition coefficient (Wildman–Crippen LogP) is 9.78. The molecule has 19 nitrogen and oxygen atoms in total. The van der Waals surface area contributed by atoms with Gasteiger partial charge in [-0.25, -0.2) is 9.59 Å². The van der Waals surface area contributed by atoms with Crippen molar-refractivity contribution in [1.29, 1.82) is 0 Å². The van der Waals surface area contributed by atoms with Gasteiger partial charge in [0.05, 0.1) is 22.0 Å². The van der Waals surface area contributed by atoms with E-state index in [-0.39, 0.29) is 35.2 Å². The number of benzene rings is 4. The second kappa shape index (κ2) is 24.1. The molecule has 1 saturated carbocycles. The molecule has 10 rings (SSSR count). The van der Waals surface area contributed by atoms with Crippen molar-refractivity contribution in [2.24, 2.45) is 5.92 Å². The van der Waals surface area contributed by atoms with Gasteiger partial charge in [-0.15, -0.1) is 0 Å². The number of aromatic nitrogens is 2. The highest BCUT2D eigenvalue weighted by Gasteiger charge is 2.51. The third-order valence-corrected chi connectivity index (χ3v) is 14.2. The Balaban J connectivity index is 0.000000174. The Morgan fingerprint density at radius 2 is 0.974 bits per heavy atom. The number of carbonyl (C=O) groups excluding carboxylic acids is 5. The number of rotatable bonds is 5. The topological polar surface area (TPSA) is 239 Å². The minimum absolute atomic E-state index is 0.0423. The zero-order valence-electron chi connectivity index (χ0n) is 45.9. The van der Waals surface area contributed by atoms with Crippen LogP contribution in [0.3, 0.4) is 0 Å². The van der Waals surface area contributed by atoms with E-state index in [0.717, 1.165) is 44.7 Å². The molecule has 6 aromatic rings. The maximum Gasteiger partial charge on any atom is 0.494 e.